The van der Waals surface area contributed by atoms with Crippen LogP contribution in [0, 0.1) is 5.82 Å². The molecular weight excluding hydrogens is 287 g/mol. The largest absolute Gasteiger partial charge is 0.394 e. The van der Waals surface area contributed by atoms with Crippen LogP contribution in [-0.4, -0.2) is 4.57 Å². The van der Waals surface area contributed by atoms with E-state index in [-0.39, 0.29) is 17.1 Å². The van der Waals surface area contributed by atoms with Crippen LogP contribution < -0.4 is 11.3 Å². The molecule has 1 heterocycles. The van der Waals surface area contributed by atoms with E-state index in [9.17, 15) is 9.18 Å². The quantitative estimate of drug-likeness (QED) is 0.925. The van der Waals surface area contributed by atoms with Gasteiger partial charge in [0, 0.05) is 6.20 Å². The minimum atomic E-state index is -0.325. The predicted molar refractivity (Wildman–Crippen MR) is 68.3 cm³/mol. The van der Waals surface area contributed by atoms with Gasteiger partial charge in [-0.3, -0.25) is 4.79 Å². The van der Waals surface area contributed by atoms with Crippen molar-refractivity contribution in [1.29, 1.82) is 0 Å². The van der Waals surface area contributed by atoms with Crippen molar-refractivity contribution < 1.29 is 4.39 Å². The zero-order valence-corrected chi connectivity index (χ0v) is 10.4. The Balaban J connectivity index is 2.35. The van der Waals surface area contributed by atoms with Gasteiger partial charge in [0.05, 0.1) is 16.7 Å². The van der Waals surface area contributed by atoms with E-state index in [1.54, 1.807) is 30.5 Å². The van der Waals surface area contributed by atoms with E-state index in [0.717, 1.165) is 5.56 Å². The van der Waals surface area contributed by atoms with E-state index in [0.29, 0.717) is 11.0 Å². The first-order valence-electron chi connectivity index (χ1n) is 4.97. The van der Waals surface area contributed by atoms with Crippen LogP contribution in [-0.2, 0) is 6.54 Å². The second-order valence-corrected chi connectivity index (χ2v) is 4.50. The summed E-state index contributed by atoms with van der Waals surface area (Å²) in [7, 11) is 0. The third-order valence-corrected chi connectivity index (χ3v) is 2.99. The summed E-state index contributed by atoms with van der Waals surface area (Å²) in [5.41, 5.74) is 6.31. The first-order chi connectivity index (χ1) is 8.08. The number of aromatic nitrogens is 1. The number of benzene rings is 1. The van der Waals surface area contributed by atoms with Crippen molar-refractivity contribution >= 4 is 21.6 Å². The molecular formula is C12H10BrFN2O. The molecule has 1 aromatic heterocycles. The van der Waals surface area contributed by atoms with Crippen molar-refractivity contribution in [3.8, 4) is 0 Å². The van der Waals surface area contributed by atoms with Crippen LogP contribution in [0.4, 0.5) is 10.1 Å². The predicted octanol–water partition coefficient (Wildman–Crippen LogP) is 2.38. The SMILES string of the molecule is Nc1cccn(Cc2ccc(F)c(Br)c2)c1=O. The number of nitrogen functional groups attached to an aromatic ring is 1. The summed E-state index contributed by atoms with van der Waals surface area (Å²) in [5.74, 6) is -0.325. The van der Waals surface area contributed by atoms with Gasteiger partial charge in [0.15, 0.2) is 0 Å². The Bertz CT molecular complexity index is 610. The van der Waals surface area contributed by atoms with Crippen molar-refractivity contribution in [2.24, 2.45) is 0 Å². The molecule has 0 aliphatic heterocycles. The average Bonchev–Trinajstić information content (AvgIpc) is 2.30. The Kier molecular flexibility index (Phi) is 3.28. The Labute approximate surface area is 106 Å². The highest BCUT2D eigenvalue weighted by molar-refractivity contribution is 9.10. The zero-order chi connectivity index (χ0) is 12.4. The molecule has 0 fully saturated rings. The second kappa shape index (κ2) is 4.71. The van der Waals surface area contributed by atoms with Crippen molar-refractivity contribution in [2.45, 2.75) is 6.54 Å². The molecule has 0 spiro atoms. The molecule has 3 nitrogen and oxygen atoms in total. The van der Waals surface area contributed by atoms with Crippen LogP contribution in [0.5, 0.6) is 0 Å². The molecule has 88 valence electrons. The normalized spacial score (nSPS) is 10.5. The molecule has 17 heavy (non-hydrogen) atoms. The lowest BCUT2D eigenvalue weighted by Gasteiger charge is -2.07. The minimum Gasteiger partial charge on any atom is -0.394 e. The van der Waals surface area contributed by atoms with E-state index < -0.39 is 0 Å². The van der Waals surface area contributed by atoms with Crippen LogP contribution in [0.15, 0.2) is 45.8 Å². The molecule has 0 amide bonds. The van der Waals surface area contributed by atoms with E-state index in [1.807, 2.05) is 0 Å². The molecule has 2 aromatic rings. The number of nitrogens with zero attached hydrogens (tertiary/aromatic N) is 1. The maximum atomic E-state index is 13.0. The summed E-state index contributed by atoms with van der Waals surface area (Å²) < 4.78 is 14.9. The van der Waals surface area contributed by atoms with Crippen LogP contribution in [0.1, 0.15) is 5.56 Å². The molecule has 0 aliphatic rings. The molecule has 2 rings (SSSR count). The standard InChI is InChI=1S/C12H10BrFN2O/c13-9-6-8(3-4-10(9)14)7-16-5-1-2-11(15)12(16)17/h1-6H,7,15H2. The Morgan fingerprint density at radius 1 is 1.35 bits per heavy atom. The van der Waals surface area contributed by atoms with Gasteiger partial charge in [0.25, 0.3) is 5.56 Å². The van der Waals surface area contributed by atoms with E-state index >= 15 is 0 Å². The molecule has 0 bridgehead atoms. The average molecular weight is 297 g/mol. The minimum absolute atomic E-state index is 0.202. The molecule has 1 aromatic carbocycles. The Morgan fingerprint density at radius 3 is 2.82 bits per heavy atom. The lowest BCUT2D eigenvalue weighted by atomic mass is 10.2. The van der Waals surface area contributed by atoms with Crippen molar-refractivity contribution in [2.75, 3.05) is 5.73 Å². The van der Waals surface area contributed by atoms with E-state index in [1.165, 1.54) is 10.6 Å². The second-order valence-electron chi connectivity index (χ2n) is 3.65. The van der Waals surface area contributed by atoms with Crippen LogP contribution in [0.25, 0.3) is 0 Å². The molecule has 0 atom stereocenters. The topological polar surface area (TPSA) is 48.0 Å². The number of pyridine rings is 1. The Morgan fingerprint density at radius 2 is 2.12 bits per heavy atom. The fourth-order valence-corrected chi connectivity index (χ4v) is 1.94. The summed E-state index contributed by atoms with van der Waals surface area (Å²) in [6.07, 6.45) is 1.65. The molecule has 0 saturated carbocycles. The fourth-order valence-electron chi connectivity index (χ4n) is 1.51. The third kappa shape index (κ3) is 2.55. The van der Waals surface area contributed by atoms with Crippen LogP contribution >= 0.6 is 15.9 Å². The summed E-state index contributed by atoms with van der Waals surface area (Å²) in [6.45, 7) is 0.364. The molecule has 5 heteroatoms. The molecule has 0 unspecified atom stereocenters. The van der Waals surface area contributed by atoms with Gasteiger partial charge >= 0.3 is 0 Å². The molecule has 0 saturated heterocycles. The number of hydrogen-bond donors (Lipinski definition) is 1. The lowest BCUT2D eigenvalue weighted by Crippen LogP contribution is -2.22. The lowest BCUT2D eigenvalue weighted by molar-refractivity contribution is 0.619. The van der Waals surface area contributed by atoms with Crippen molar-refractivity contribution in [3.05, 3.63) is 62.7 Å². The van der Waals surface area contributed by atoms with Gasteiger partial charge in [-0.2, -0.15) is 0 Å². The van der Waals surface area contributed by atoms with Crippen LogP contribution in [0.3, 0.4) is 0 Å². The summed E-state index contributed by atoms with van der Waals surface area (Å²) in [4.78, 5) is 11.7. The maximum absolute atomic E-state index is 13.0. The van der Waals surface area contributed by atoms with Crippen LogP contribution in [0.2, 0.25) is 0 Å². The summed E-state index contributed by atoms with van der Waals surface area (Å²) in [6, 6.07) is 7.89. The smallest absolute Gasteiger partial charge is 0.273 e. The van der Waals surface area contributed by atoms with Gasteiger partial charge in [0.2, 0.25) is 0 Å². The maximum Gasteiger partial charge on any atom is 0.273 e. The van der Waals surface area contributed by atoms with Gasteiger partial charge < -0.3 is 10.3 Å². The zero-order valence-electron chi connectivity index (χ0n) is 8.86. The number of rotatable bonds is 2. The molecule has 2 N–H and O–H groups in total. The summed E-state index contributed by atoms with van der Waals surface area (Å²) in [5, 5.41) is 0. The van der Waals surface area contributed by atoms with Gasteiger partial charge in [0.1, 0.15) is 5.82 Å². The molecule has 0 radical (unpaired) electrons. The van der Waals surface area contributed by atoms with Gasteiger partial charge in [-0.1, -0.05) is 6.07 Å². The highest BCUT2D eigenvalue weighted by Crippen LogP contribution is 2.17. The van der Waals surface area contributed by atoms with Gasteiger partial charge in [-0.25, -0.2) is 4.39 Å². The van der Waals surface area contributed by atoms with Crippen molar-refractivity contribution in [1.82, 2.24) is 4.57 Å². The fraction of sp³-hybridized carbons (Fsp3) is 0.0833. The van der Waals surface area contributed by atoms with E-state index in [4.69, 9.17) is 5.73 Å². The monoisotopic (exact) mass is 296 g/mol. The number of nitrogens with two attached hydrogens (primary N) is 1. The van der Waals surface area contributed by atoms with Gasteiger partial charge in [-0.05, 0) is 45.8 Å². The summed E-state index contributed by atoms with van der Waals surface area (Å²) >= 11 is 3.11. The Hall–Kier alpha value is -1.62. The van der Waals surface area contributed by atoms with E-state index in [2.05, 4.69) is 15.9 Å². The van der Waals surface area contributed by atoms with Gasteiger partial charge in [-0.15, -0.1) is 0 Å². The number of hydrogen-bond acceptors (Lipinski definition) is 2. The number of halogens is 2. The first kappa shape index (κ1) is 11.9. The number of anilines is 1. The first-order valence-corrected chi connectivity index (χ1v) is 5.76. The van der Waals surface area contributed by atoms with Crippen molar-refractivity contribution in [3.63, 3.8) is 0 Å². The third-order valence-electron chi connectivity index (χ3n) is 2.39. The highest BCUT2D eigenvalue weighted by Gasteiger charge is 2.03. The highest BCUT2D eigenvalue weighted by atomic mass is 79.9. The molecule has 0 aliphatic carbocycles.